The molecule has 2 heterocycles. The number of aromatic nitrogens is 3. The van der Waals surface area contributed by atoms with E-state index in [2.05, 4.69) is 21.6 Å². The molecule has 0 amide bonds. The van der Waals surface area contributed by atoms with Gasteiger partial charge in [-0.1, -0.05) is 6.92 Å². The van der Waals surface area contributed by atoms with Crippen LogP contribution in [0.2, 0.25) is 0 Å². The molecule has 2 rings (SSSR count). The Morgan fingerprint density at radius 2 is 2.35 bits per heavy atom. The molecule has 5 nitrogen and oxygen atoms in total. The van der Waals surface area contributed by atoms with Crippen molar-refractivity contribution in [1.29, 1.82) is 0 Å². The van der Waals surface area contributed by atoms with E-state index in [4.69, 9.17) is 0 Å². The molecule has 2 aromatic heterocycles. The van der Waals surface area contributed by atoms with Crippen LogP contribution in [0.25, 0.3) is 11.0 Å². The number of hydrogen-bond donors (Lipinski definition) is 0. The quantitative estimate of drug-likeness (QED) is 0.752. The predicted octanol–water partition coefficient (Wildman–Crippen LogP) is 1.56. The van der Waals surface area contributed by atoms with Crippen LogP contribution in [-0.4, -0.2) is 27.6 Å². The number of fused-ring (bicyclic) bond motifs is 1. The fraction of sp³-hybridized carbons (Fsp3) is 0.417. The lowest BCUT2D eigenvalue weighted by molar-refractivity contribution is -0.139. The Hall–Kier alpha value is -1.91. The molecular formula is C12H15N3O2. The van der Waals surface area contributed by atoms with Gasteiger partial charge < -0.3 is 9.30 Å². The molecule has 0 fully saturated rings. The summed E-state index contributed by atoms with van der Waals surface area (Å²) in [6.07, 6.45) is 4.63. The van der Waals surface area contributed by atoms with Crippen LogP contribution in [-0.2, 0) is 22.5 Å². The topological polar surface area (TPSA) is 57.0 Å². The van der Waals surface area contributed by atoms with Crippen LogP contribution in [0, 0.1) is 0 Å². The van der Waals surface area contributed by atoms with Crippen LogP contribution < -0.4 is 0 Å². The molecule has 0 N–H and O–H groups in total. The van der Waals surface area contributed by atoms with Crippen molar-refractivity contribution in [3.63, 3.8) is 0 Å². The summed E-state index contributed by atoms with van der Waals surface area (Å²) in [4.78, 5) is 19.8. The van der Waals surface area contributed by atoms with E-state index in [9.17, 15) is 4.79 Å². The highest BCUT2D eigenvalue weighted by atomic mass is 16.5. The lowest BCUT2D eigenvalue weighted by Crippen LogP contribution is -2.11. The summed E-state index contributed by atoms with van der Waals surface area (Å²) in [6, 6.07) is 1.92. The largest absolute Gasteiger partial charge is 0.469 e. The fourth-order valence-electron chi connectivity index (χ4n) is 1.84. The van der Waals surface area contributed by atoms with Crippen molar-refractivity contribution in [3.05, 3.63) is 24.3 Å². The van der Waals surface area contributed by atoms with Gasteiger partial charge in [0.15, 0.2) is 0 Å². The molecule has 0 aliphatic heterocycles. The first kappa shape index (κ1) is 11.6. The number of ether oxygens (including phenoxy) is 1. The zero-order valence-corrected chi connectivity index (χ0v) is 10.0. The zero-order chi connectivity index (χ0) is 12.3. The van der Waals surface area contributed by atoms with Gasteiger partial charge in [0.2, 0.25) is 0 Å². The van der Waals surface area contributed by atoms with E-state index in [0.29, 0.717) is 0 Å². The van der Waals surface area contributed by atoms with Gasteiger partial charge in [0, 0.05) is 12.7 Å². The van der Waals surface area contributed by atoms with Gasteiger partial charge in [-0.2, -0.15) is 0 Å². The molecule has 0 saturated heterocycles. The minimum atomic E-state index is -0.273. The molecule has 0 saturated carbocycles. The highest BCUT2D eigenvalue weighted by molar-refractivity contribution is 5.77. The van der Waals surface area contributed by atoms with Crippen molar-refractivity contribution < 1.29 is 9.53 Å². The van der Waals surface area contributed by atoms with E-state index < -0.39 is 0 Å². The Labute approximate surface area is 99.4 Å². The second kappa shape index (κ2) is 4.95. The van der Waals surface area contributed by atoms with Crippen molar-refractivity contribution >= 4 is 17.0 Å². The second-order valence-electron chi connectivity index (χ2n) is 3.80. The predicted molar refractivity (Wildman–Crippen MR) is 63.5 cm³/mol. The average Bonchev–Trinajstić information content (AvgIpc) is 2.68. The molecule has 2 aromatic rings. The molecule has 0 atom stereocenters. The van der Waals surface area contributed by atoms with Crippen LogP contribution in [0.1, 0.15) is 19.2 Å². The summed E-state index contributed by atoms with van der Waals surface area (Å²) < 4.78 is 6.72. The summed E-state index contributed by atoms with van der Waals surface area (Å²) in [5.74, 6) is 0.465. The van der Waals surface area contributed by atoms with Gasteiger partial charge in [-0.15, -0.1) is 0 Å². The third-order valence-corrected chi connectivity index (χ3v) is 2.61. The number of pyridine rings is 1. The van der Waals surface area contributed by atoms with Crippen molar-refractivity contribution in [2.24, 2.45) is 0 Å². The molecular weight excluding hydrogens is 218 g/mol. The van der Waals surface area contributed by atoms with Gasteiger partial charge in [-0.3, -0.25) is 9.78 Å². The molecule has 90 valence electrons. The standard InChI is InChI=1S/C12H15N3O2/c1-3-6-15-10-4-5-13-8-9(10)14-11(15)7-12(16)17-2/h4-5,8H,3,6-7H2,1-2H3. The summed E-state index contributed by atoms with van der Waals surface area (Å²) >= 11 is 0. The van der Waals surface area contributed by atoms with Crippen molar-refractivity contribution in [1.82, 2.24) is 14.5 Å². The summed E-state index contributed by atoms with van der Waals surface area (Å²) in [5, 5.41) is 0. The second-order valence-corrected chi connectivity index (χ2v) is 3.80. The molecule has 0 unspecified atom stereocenters. The third kappa shape index (κ3) is 2.27. The minimum Gasteiger partial charge on any atom is -0.469 e. The molecule has 0 spiro atoms. The smallest absolute Gasteiger partial charge is 0.313 e. The highest BCUT2D eigenvalue weighted by Gasteiger charge is 2.13. The Balaban J connectivity index is 2.45. The number of hydrogen-bond acceptors (Lipinski definition) is 4. The number of nitrogens with zero attached hydrogens (tertiary/aromatic N) is 3. The SMILES string of the molecule is CCCn1c(CC(=O)OC)nc2cnccc21. The lowest BCUT2D eigenvalue weighted by Gasteiger charge is -2.06. The first-order chi connectivity index (χ1) is 8.26. The Bertz CT molecular complexity index is 534. The van der Waals surface area contributed by atoms with Gasteiger partial charge in [0.25, 0.3) is 0 Å². The van der Waals surface area contributed by atoms with Gasteiger partial charge in [0.05, 0.1) is 18.8 Å². The Kier molecular flexibility index (Phi) is 3.37. The van der Waals surface area contributed by atoms with Crippen LogP contribution in [0.3, 0.4) is 0 Å². The number of aryl methyl sites for hydroxylation is 1. The van der Waals surface area contributed by atoms with Crippen LogP contribution in [0.15, 0.2) is 18.5 Å². The van der Waals surface area contributed by atoms with Gasteiger partial charge in [-0.25, -0.2) is 4.98 Å². The molecule has 0 bridgehead atoms. The average molecular weight is 233 g/mol. The van der Waals surface area contributed by atoms with Gasteiger partial charge in [-0.05, 0) is 12.5 Å². The highest BCUT2D eigenvalue weighted by Crippen LogP contribution is 2.16. The maximum Gasteiger partial charge on any atom is 0.313 e. The zero-order valence-electron chi connectivity index (χ0n) is 10.0. The van der Waals surface area contributed by atoms with E-state index in [1.807, 2.05) is 10.6 Å². The van der Waals surface area contributed by atoms with E-state index in [0.717, 1.165) is 29.8 Å². The van der Waals surface area contributed by atoms with E-state index in [1.165, 1.54) is 7.11 Å². The van der Waals surface area contributed by atoms with Crippen LogP contribution in [0.5, 0.6) is 0 Å². The van der Waals surface area contributed by atoms with Gasteiger partial charge in [0.1, 0.15) is 17.8 Å². The van der Waals surface area contributed by atoms with Gasteiger partial charge >= 0.3 is 5.97 Å². The van der Waals surface area contributed by atoms with E-state index >= 15 is 0 Å². The molecule has 5 heteroatoms. The van der Waals surface area contributed by atoms with Crippen molar-refractivity contribution in [2.75, 3.05) is 7.11 Å². The number of rotatable bonds is 4. The van der Waals surface area contributed by atoms with E-state index in [-0.39, 0.29) is 12.4 Å². The Morgan fingerprint density at radius 1 is 1.53 bits per heavy atom. The number of carbonyl (C=O) groups excluding carboxylic acids is 1. The number of imidazole rings is 1. The monoisotopic (exact) mass is 233 g/mol. The number of esters is 1. The van der Waals surface area contributed by atoms with Crippen LogP contribution in [0.4, 0.5) is 0 Å². The van der Waals surface area contributed by atoms with E-state index in [1.54, 1.807) is 12.4 Å². The molecule has 0 aliphatic carbocycles. The van der Waals surface area contributed by atoms with Crippen LogP contribution >= 0.6 is 0 Å². The molecule has 0 aromatic carbocycles. The maximum atomic E-state index is 11.3. The summed E-state index contributed by atoms with van der Waals surface area (Å²) in [5.41, 5.74) is 1.83. The first-order valence-corrected chi connectivity index (χ1v) is 5.62. The lowest BCUT2D eigenvalue weighted by atomic mass is 10.3. The van der Waals surface area contributed by atoms with Crippen molar-refractivity contribution in [2.45, 2.75) is 26.3 Å². The molecule has 0 radical (unpaired) electrons. The molecule has 17 heavy (non-hydrogen) atoms. The van der Waals surface area contributed by atoms with Crippen molar-refractivity contribution in [3.8, 4) is 0 Å². The Morgan fingerprint density at radius 3 is 3.06 bits per heavy atom. The fourth-order valence-corrected chi connectivity index (χ4v) is 1.84. The third-order valence-electron chi connectivity index (χ3n) is 2.61. The number of methoxy groups -OCH3 is 1. The normalized spacial score (nSPS) is 10.7. The minimum absolute atomic E-state index is 0.200. The summed E-state index contributed by atoms with van der Waals surface area (Å²) in [7, 11) is 1.39. The number of carbonyl (C=O) groups is 1. The first-order valence-electron chi connectivity index (χ1n) is 5.62. The summed E-state index contributed by atoms with van der Waals surface area (Å²) in [6.45, 7) is 2.93. The maximum absolute atomic E-state index is 11.3. The molecule has 0 aliphatic rings.